The number of terminal acetylenes is 1. The quantitative estimate of drug-likeness (QED) is 0.587. The summed E-state index contributed by atoms with van der Waals surface area (Å²) >= 11 is 0. The number of amides is 1. The molecule has 0 aliphatic rings. The summed E-state index contributed by atoms with van der Waals surface area (Å²) in [6.07, 6.45) is 5.23. The Balaban J connectivity index is 2.94. The Morgan fingerprint density at radius 1 is 1.50 bits per heavy atom. The molecule has 4 heteroatoms. The normalized spacial score (nSPS) is 10.6. The minimum Gasteiger partial charge on any atom is -0.399 e. The topological polar surface area (TPSA) is 55.1 Å². The Labute approximate surface area is 93.8 Å². The fraction of sp³-hybridized carbons (Fsp3) is 0.250. The van der Waals surface area contributed by atoms with Crippen LogP contribution in [-0.2, 0) is 0 Å². The van der Waals surface area contributed by atoms with Gasteiger partial charge in [0.25, 0.3) is 5.91 Å². The maximum absolute atomic E-state index is 13.0. The molecule has 0 radical (unpaired) electrons. The molecular formula is C12H13FN2O. The van der Waals surface area contributed by atoms with Gasteiger partial charge >= 0.3 is 0 Å². The van der Waals surface area contributed by atoms with Crippen molar-refractivity contribution in [3.63, 3.8) is 0 Å². The van der Waals surface area contributed by atoms with Gasteiger partial charge in [0.2, 0.25) is 0 Å². The largest absolute Gasteiger partial charge is 0.399 e. The van der Waals surface area contributed by atoms with Crippen LogP contribution in [0.1, 0.15) is 24.2 Å². The first-order valence-electron chi connectivity index (χ1n) is 4.70. The van der Waals surface area contributed by atoms with E-state index >= 15 is 0 Å². The van der Waals surface area contributed by atoms with Gasteiger partial charge in [0, 0.05) is 11.3 Å². The molecule has 1 aromatic carbocycles. The molecule has 0 saturated carbocycles. The van der Waals surface area contributed by atoms with Crippen LogP contribution in [0.25, 0.3) is 0 Å². The summed E-state index contributed by atoms with van der Waals surface area (Å²) in [5.41, 5.74) is 5.00. The van der Waals surface area contributed by atoms with Crippen LogP contribution < -0.4 is 11.1 Å². The zero-order valence-corrected chi connectivity index (χ0v) is 9.17. The predicted octanol–water partition coefficient (Wildman–Crippen LogP) is 1.55. The Bertz CT molecular complexity index is 440. The first kappa shape index (κ1) is 12.1. The lowest BCUT2D eigenvalue weighted by atomic mass is 10.1. The van der Waals surface area contributed by atoms with E-state index in [0.29, 0.717) is 0 Å². The van der Waals surface area contributed by atoms with Gasteiger partial charge in [-0.1, -0.05) is 5.92 Å². The molecule has 0 saturated heterocycles. The van der Waals surface area contributed by atoms with Crippen molar-refractivity contribution in [2.75, 3.05) is 5.73 Å². The fourth-order valence-electron chi connectivity index (χ4n) is 1.14. The second-order valence-electron chi connectivity index (χ2n) is 4.00. The number of hydrogen-bond acceptors (Lipinski definition) is 2. The minimum atomic E-state index is -0.780. The van der Waals surface area contributed by atoms with Crippen LogP contribution in [0.15, 0.2) is 18.2 Å². The van der Waals surface area contributed by atoms with Crippen LogP contribution in [0, 0.1) is 18.2 Å². The number of hydrogen-bond donors (Lipinski definition) is 2. The van der Waals surface area contributed by atoms with E-state index in [0.717, 1.165) is 12.1 Å². The molecule has 0 spiro atoms. The molecule has 84 valence electrons. The Morgan fingerprint density at radius 3 is 2.62 bits per heavy atom. The number of nitrogen functional groups attached to an aromatic ring is 1. The molecule has 0 aliphatic heterocycles. The van der Waals surface area contributed by atoms with Crippen LogP contribution in [0.4, 0.5) is 10.1 Å². The van der Waals surface area contributed by atoms with E-state index in [-0.39, 0.29) is 11.3 Å². The van der Waals surface area contributed by atoms with E-state index < -0.39 is 17.3 Å². The van der Waals surface area contributed by atoms with E-state index in [9.17, 15) is 9.18 Å². The smallest absolute Gasteiger partial charge is 0.252 e. The standard InChI is InChI=1S/C12H13FN2O/c1-4-12(2,3)15-11(16)8-5-9(13)7-10(14)6-8/h1,5-7H,14H2,2-3H3,(H,15,16). The highest BCUT2D eigenvalue weighted by Crippen LogP contribution is 2.12. The Hall–Kier alpha value is -2.02. The maximum atomic E-state index is 13.0. The summed E-state index contributed by atoms with van der Waals surface area (Å²) in [4.78, 5) is 11.7. The molecule has 0 heterocycles. The fourth-order valence-corrected chi connectivity index (χ4v) is 1.14. The van der Waals surface area contributed by atoms with Crippen molar-refractivity contribution in [2.24, 2.45) is 0 Å². The van der Waals surface area contributed by atoms with Crippen molar-refractivity contribution >= 4 is 11.6 Å². The van der Waals surface area contributed by atoms with E-state index in [1.165, 1.54) is 6.07 Å². The van der Waals surface area contributed by atoms with Crippen molar-refractivity contribution in [3.8, 4) is 12.3 Å². The van der Waals surface area contributed by atoms with Gasteiger partial charge in [-0.05, 0) is 32.0 Å². The Morgan fingerprint density at radius 2 is 2.12 bits per heavy atom. The monoisotopic (exact) mass is 220 g/mol. The molecule has 0 bridgehead atoms. The average Bonchev–Trinajstić information content (AvgIpc) is 2.15. The average molecular weight is 220 g/mol. The highest BCUT2D eigenvalue weighted by molar-refractivity contribution is 5.95. The second kappa shape index (κ2) is 4.23. The SMILES string of the molecule is C#CC(C)(C)NC(=O)c1cc(N)cc(F)c1. The molecule has 1 rings (SSSR count). The van der Waals surface area contributed by atoms with Gasteiger partial charge in [-0.3, -0.25) is 4.79 Å². The Kier molecular flexibility index (Phi) is 3.19. The van der Waals surface area contributed by atoms with Gasteiger partial charge in [-0.2, -0.15) is 0 Å². The van der Waals surface area contributed by atoms with Crippen LogP contribution in [0.3, 0.4) is 0 Å². The third-order valence-electron chi connectivity index (χ3n) is 1.97. The number of anilines is 1. The summed E-state index contributed by atoms with van der Waals surface area (Å²) in [6.45, 7) is 3.35. The van der Waals surface area contributed by atoms with E-state index in [1.807, 2.05) is 0 Å². The summed E-state index contributed by atoms with van der Waals surface area (Å²) in [5.74, 6) is 1.41. The van der Waals surface area contributed by atoms with Gasteiger partial charge in [-0.25, -0.2) is 4.39 Å². The number of nitrogens with two attached hydrogens (primary N) is 1. The molecule has 16 heavy (non-hydrogen) atoms. The van der Waals surface area contributed by atoms with Crippen LogP contribution >= 0.6 is 0 Å². The maximum Gasteiger partial charge on any atom is 0.252 e. The number of rotatable bonds is 2. The third kappa shape index (κ3) is 2.99. The zero-order valence-electron chi connectivity index (χ0n) is 9.17. The minimum absolute atomic E-state index is 0.154. The number of benzene rings is 1. The van der Waals surface area contributed by atoms with Gasteiger partial charge in [-0.15, -0.1) is 6.42 Å². The molecule has 0 aromatic heterocycles. The molecule has 0 atom stereocenters. The van der Waals surface area contributed by atoms with Crippen LogP contribution in [0.2, 0.25) is 0 Å². The first-order chi connectivity index (χ1) is 7.34. The van der Waals surface area contributed by atoms with Gasteiger partial charge < -0.3 is 11.1 Å². The third-order valence-corrected chi connectivity index (χ3v) is 1.97. The van der Waals surface area contributed by atoms with Crippen molar-refractivity contribution in [1.29, 1.82) is 0 Å². The van der Waals surface area contributed by atoms with Crippen molar-refractivity contribution in [2.45, 2.75) is 19.4 Å². The highest BCUT2D eigenvalue weighted by Gasteiger charge is 2.18. The van der Waals surface area contributed by atoms with Gasteiger partial charge in [0.15, 0.2) is 0 Å². The van der Waals surface area contributed by atoms with Gasteiger partial charge in [0.1, 0.15) is 5.82 Å². The summed E-state index contributed by atoms with van der Waals surface area (Å²) in [7, 11) is 0. The molecule has 3 nitrogen and oxygen atoms in total. The van der Waals surface area contributed by atoms with Crippen LogP contribution in [-0.4, -0.2) is 11.4 Å². The van der Waals surface area contributed by atoms with Gasteiger partial charge in [0.05, 0.1) is 5.54 Å². The molecule has 0 aliphatic carbocycles. The molecule has 3 N–H and O–H groups in total. The lowest BCUT2D eigenvalue weighted by Gasteiger charge is -2.19. The summed E-state index contributed by atoms with van der Waals surface area (Å²) in [5, 5.41) is 2.58. The molecule has 0 unspecified atom stereocenters. The number of halogens is 1. The highest BCUT2D eigenvalue weighted by atomic mass is 19.1. The van der Waals surface area contributed by atoms with Crippen molar-refractivity contribution in [1.82, 2.24) is 5.32 Å². The molecular weight excluding hydrogens is 207 g/mol. The molecule has 1 aromatic rings. The molecule has 1 amide bonds. The van der Waals surface area contributed by atoms with Crippen molar-refractivity contribution in [3.05, 3.63) is 29.6 Å². The summed E-state index contributed by atoms with van der Waals surface area (Å²) in [6, 6.07) is 3.65. The van der Waals surface area contributed by atoms with E-state index in [2.05, 4.69) is 11.2 Å². The lowest BCUT2D eigenvalue weighted by Crippen LogP contribution is -2.42. The first-order valence-corrected chi connectivity index (χ1v) is 4.70. The lowest BCUT2D eigenvalue weighted by molar-refractivity contribution is 0.0929. The second-order valence-corrected chi connectivity index (χ2v) is 4.00. The summed E-state index contributed by atoms with van der Waals surface area (Å²) < 4.78 is 13.0. The van der Waals surface area contributed by atoms with Crippen LogP contribution in [0.5, 0.6) is 0 Å². The number of nitrogens with one attached hydrogen (secondary N) is 1. The van der Waals surface area contributed by atoms with E-state index in [4.69, 9.17) is 12.2 Å². The molecule has 0 fully saturated rings. The zero-order chi connectivity index (χ0) is 12.3. The van der Waals surface area contributed by atoms with E-state index in [1.54, 1.807) is 13.8 Å². The van der Waals surface area contributed by atoms with Crippen molar-refractivity contribution < 1.29 is 9.18 Å². The number of carbonyl (C=O) groups excluding carboxylic acids is 1. The predicted molar refractivity (Wildman–Crippen MR) is 61.2 cm³/mol. The number of carbonyl (C=O) groups is 1.